The minimum atomic E-state index is -0.273. The zero-order chi connectivity index (χ0) is 18.8. The van der Waals surface area contributed by atoms with Crippen molar-refractivity contribution in [2.24, 2.45) is 5.92 Å². The predicted molar refractivity (Wildman–Crippen MR) is 102 cm³/mol. The highest BCUT2D eigenvalue weighted by atomic mass is 16.5. The Labute approximate surface area is 158 Å². The number of rotatable bonds is 2. The third kappa shape index (κ3) is 3.56. The van der Waals surface area contributed by atoms with Gasteiger partial charge in [0.2, 0.25) is 0 Å². The Bertz CT molecular complexity index is 897. The molecule has 0 bridgehead atoms. The standard InChI is InChI=1S/C20H27N5O2/c1-14-7-9-24(20(26)18-5-3-4-10-27-18)13-17(14)19-21-11-16-12-23-22-8-6-15(2)25(16)19/h6,8,11-12,14,17-18,22H,2-5,7,9-10,13H2,1H3. The number of hydrogen-bond acceptors (Lipinski definition) is 4. The Morgan fingerprint density at radius 2 is 2.22 bits per heavy atom. The van der Waals surface area contributed by atoms with E-state index >= 15 is 0 Å². The number of ether oxygens (including phenoxy) is 1. The monoisotopic (exact) mass is 369 g/mol. The fraction of sp³-hybridized carbons (Fsp3) is 0.550. The second kappa shape index (κ2) is 7.68. The maximum atomic E-state index is 12.9. The van der Waals surface area contributed by atoms with Gasteiger partial charge in [-0.3, -0.25) is 14.3 Å². The van der Waals surface area contributed by atoms with E-state index in [0.717, 1.165) is 48.9 Å². The smallest absolute Gasteiger partial charge is 0.251 e. The van der Waals surface area contributed by atoms with Crippen molar-refractivity contribution in [2.75, 3.05) is 19.7 Å². The number of aromatic amines is 1. The zero-order valence-corrected chi connectivity index (χ0v) is 15.8. The largest absolute Gasteiger partial charge is 0.368 e. The van der Waals surface area contributed by atoms with Crippen LogP contribution in [0.2, 0.25) is 0 Å². The van der Waals surface area contributed by atoms with Gasteiger partial charge >= 0.3 is 0 Å². The van der Waals surface area contributed by atoms with E-state index in [9.17, 15) is 4.79 Å². The van der Waals surface area contributed by atoms with Gasteiger partial charge in [-0.15, -0.1) is 0 Å². The number of carbonyl (C=O) groups excluding carboxylic acids is 1. The van der Waals surface area contributed by atoms with E-state index in [4.69, 9.17) is 9.72 Å². The van der Waals surface area contributed by atoms with Crippen LogP contribution in [0.4, 0.5) is 0 Å². The topological polar surface area (TPSA) is 75.5 Å². The third-order valence-corrected chi connectivity index (χ3v) is 5.78. The molecule has 3 unspecified atom stereocenters. The molecule has 2 aliphatic rings. The fourth-order valence-corrected chi connectivity index (χ4v) is 4.14. The zero-order valence-electron chi connectivity index (χ0n) is 15.8. The molecule has 144 valence electrons. The van der Waals surface area contributed by atoms with Crippen molar-refractivity contribution < 1.29 is 9.53 Å². The van der Waals surface area contributed by atoms with E-state index in [1.165, 1.54) is 0 Å². The average Bonchev–Trinajstić information content (AvgIpc) is 3.09. The van der Waals surface area contributed by atoms with Crippen LogP contribution >= 0.6 is 0 Å². The molecule has 2 aromatic rings. The first-order valence-electron chi connectivity index (χ1n) is 9.77. The van der Waals surface area contributed by atoms with E-state index in [0.29, 0.717) is 19.1 Å². The summed E-state index contributed by atoms with van der Waals surface area (Å²) in [5.41, 5.74) is 0.887. The van der Waals surface area contributed by atoms with Gasteiger partial charge in [-0.1, -0.05) is 13.5 Å². The summed E-state index contributed by atoms with van der Waals surface area (Å²) >= 11 is 0. The first kappa shape index (κ1) is 18.0. The molecule has 0 aliphatic carbocycles. The van der Waals surface area contributed by atoms with Crippen LogP contribution in [0, 0.1) is 5.92 Å². The van der Waals surface area contributed by atoms with Crippen molar-refractivity contribution in [1.82, 2.24) is 24.5 Å². The molecule has 0 spiro atoms. The van der Waals surface area contributed by atoms with Crippen molar-refractivity contribution in [2.45, 2.75) is 44.6 Å². The SMILES string of the molecule is C=c1cc[nH]ncc2cnc(C3CN(C(=O)C4CCCCO4)CCC3C)n12. The molecular formula is C20H27N5O2. The highest BCUT2D eigenvalue weighted by molar-refractivity contribution is 5.81. The maximum absolute atomic E-state index is 12.9. The minimum absolute atomic E-state index is 0.135. The number of H-pyrrole nitrogens is 1. The van der Waals surface area contributed by atoms with Crippen LogP contribution in [0.15, 0.2) is 24.7 Å². The molecule has 2 aliphatic heterocycles. The van der Waals surface area contributed by atoms with Gasteiger partial charge in [0.15, 0.2) is 0 Å². The second-order valence-corrected chi connectivity index (χ2v) is 7.60. The molecule has 1 amide bonds. The van der Waals surface area contributed by atoms with Gasteiger partial charge < -0.3 is 9.64 Å². The highest BCUT2D eigenvalue weighted by Gasteiger charge is 2.35. The normalized spacial score (nSPS) is 26.1. The molecule has 3 atom stereocenters. The lowest BCUT2D eigenvalue weighted by atomic mass is 9.86. The first-order valence-corrected chi connectivity index (χ1v) is 9.77. The molecule has 0 radical (unpaired) electrons. The fourth-order valence-electron chi connectivity index (χ4n) is 4.14. The summed E-state index contributed by atoms with van der Waals surface area (Å²) in [6.07, 6.45) is 8.96. The molecule has 1 N–H and O–H groups in total. The number of piperidine rings is 1. The number of carbonyl (C=O) groups is 1. The molecular weight excluding hydrogens is 342 g/mol. The summed E-state index contributed by atoms with van der Waals surface area (Å²) in [6, 6.07) is 1.89. The van der Waals surface area contributed by atoms with E-state index in [-0.39, 0.29) is 17.9 Å². The Morgan fingerprint density at radius 3 is 3.04 bits per heavy atom. The molecule has 7 nitrogen and oxygen atoms in total. The molecule has 0 aromatic carbocycles. The van der Waals surface area contributed by atoms with E-state index in [1.807, 2.05) is 21.6 Å². The highest BCUT2D eigenvalue weighted by Crippen LogP contribution is 2.32. The number of nitrogens with zero attached hydrogens (tertiary/aromatic N) is 4. The van der Waals surface area contributed by atoms with Crippen LogP contribution in [0.5, 0.6) is 0 Å². The summed E-state index contributed by atoms with van der Waals surface area (Å²) in [6.45, 7) is 8.56. The lowest BCUT2D eigenvalue weighted by molar-refractivity contribution is -0.148. The summed E-state index contributed by atoms with van der Waals surface area (Å²) in [7, 11) is 0. The van der Waals surface area contributed by atoms with E-state index in [2.05, 4.69) is 23.7 Å². The number of hydrogen-bond donors (Lipinski definition) is 1. The lowest BCUT2D eigenvalue weighted by Gasteiger charge is -2.38. The average molecular weight is 369 g/mol. The minimum Gasteiger partial charge on any atom is -0.368 e. The molecule has 4 rings (SSSR count). The molecule has 7 heteroatoms. The number of likely N-dealkylation sites (tertiary alicyclic amines) is 1. The van der Waals surface area contributed by atoms with Crippen LogP contribution in [-0.4, -0.2) is 56.2 Å². The number of fused-ring (bicyclic) bond motifs is 1. The van der Waals surface area contributed by atoms with Crippen LogP contribution in [0.25, 0.3) is 12.1 Å². The van der Waals surface area contributed by atoms with Crippen molar-refractivity contribution in [3.8, 4) is 0 Å². The summed E-state index contributed by atoms with van der Waals surface area (Å²) in [4.78, 5) is 19.6. The lowest BCUT2D eigenvalue weighted by Crippen LogP contribution is -2.48. The molecule has 27 heavy (non-hydrogen) atoms. The molecule has 2 aromatic heterocycles. The molecule has 2 saturated heterocycles. The van der Waals surface area contributed by atoms with Crippen LogP contribution < -0.4 is 5.35 Å². The van der Waals surface area contributed by atoms with E-state index in [1.54, 1.807) is 12.4 Å². The number of amides is 1. The molecule has 2 fully saturated rings. The van der Waals surface area contributed by atoms with Gasteiger partial charge in [0, 0.05) is 37.2 Å². The van der Waals surface area contributed by atoms with Crippen molar-refractivity contribution in [3.05, 3.63) is 35.8 Å². The third-order valence-electron chi connectivity index (χ3n) is 5.78. The molecule has 0 saturated carbocycles. The van der Waals surface area contributed by atoms with Crippen molar-refractivity contribution in [1.29, 1.82) is 0 Å². The van der Waals surface area contributed by atoms with Crippen molar-refractivity contribution >= 4 is 18.0 Å². The van der Waals surface area contributed by atoms with Crippen LogP contribution in [0.3, 0.4) is 0 Å². The Morgan fingerprint density at radius 1 is 1.33 bits per heavy atom. The number of nitrogens with one attached hydrogen (secondary N) is 1. The van der Waals surface area contributed by atoms with Gasteiger partial charge in [-0.2, -0.15) is 5.10 Å². The second-order valence-electron chi connectivity index (χ2n) is 7.60. The Hall–Kier alpha value is -2.41. The van der Waals surface area contributed by atoms with Gasteiger partial charge in [0.25, 0.3) is 5.91 Å². The van der Waals surface area contributed by atoms with Crippen LogP contribution in [0.1, 0.15) is 44.3 Å². The predicted octanol–water partition coefficient (Wildman–Crippen LogP) is 1.83. The first-order chi connectivity index (χ1) is 13.1. The molecule has 4 heterocycles. The Kier molecular flexibility index (Phi) is 5.11. The van der Waals surface area contributed by atoms with Gasteiger partial charge in [-0.25, -0.2) is 4.98 Å². The maximum Gasteiger partial charge on any atom is 0.251 e. The van der Waals surface area contributed by atoms with Gasteiger partial charge in [0.05, 0.1) is 17.9 Å². The Balaban J connectivity index is 1.65. The summed E-state index contributed by atoms with van der Waals surface area (Å²) < 4.78 is 7.77. The number of aromatic nitrogens is 4. The summed E-state index contributed by atoms with van der Waals surface area (Å²) in [5, 5.41) is 7.81. The number of imidazole rings is 1. The van der Waals surface area contributed by atoms with E-state index < -0.39 is 0 Å². The van der Waals surface area contributed by atoms with Crippen LogP contribution in [-0.2, 0) is 9.53 Å². The van der Waals surface area contributed by atoms with Gasteiger partial charge in [0.1, 0.15) is 11.9 Å². The van der Waals surface area contributed by atoms with Gasteiger partial charge in [-0.05, 0) is 37.7 Å². The summed E-state index contributed by atoms with van der Waals surface area (Å²) in [5.74, 6) is 1.68. The van der Waals surface area contributed by atoms with Crippen molar-refractivity contribution in [3.63, 3.8) is 0 Å². The quantitative estimate of drug-likeness (QED) is 0.876.